The molecule has 0 spiro atoms. The monoisotopic (exact) mass is 437 g/mol. The predicted octanol–water partition coefficient (Wildman–Crippen LogP) is 4.32. The van der Waals surface area contributed by atoms with Gasteiger partial charge in [0.2, 0.25) is 5.13 Å². The summed E-state index contributed by atoms with van der Waals surface area (Å²) >= 11 is 6.80. The van der Waals surface area contributed by atoms with Crippen LogP contribution in [0.25, 0.3) is 11.1 Å². The smallest absolute Gasteiger partial charge is 0.259 e. The first-order valence-electron chi connectivity index (χ1n) is 8.51. The molecule has 0 unspecified atom stereocenters. The van der Waals surface area contributed by atoms with E-state index < -0.39 is 17.4 Å². The number of pyridine rings is 2. The molecule has 0 atom stereocenters. The van der Waals surface area contributed by atoms with E-state index in [4.69, 9.17) is 16.3 Å². The van der Waals surface area contributed by atoms with Crippen molar-refractivity contribution in [3.63, 3.8) is 0 Å². The first kappa shape index (κ1) is 19.6. The van der Waals surface area contributed by atoms with Crippen molar-refractivity contribution in [2.75, 3.05) is 12.4 Å². The summed E-state index contributed by atoms with van der Waals surface area (Å²) in [7, 11) is 1.36. The normalized spacial score (nSPS) is 14.5. The number of carbonyl (C=O) groups excluding carboxylic acids is 1. The van der Waals surface area contributed by atoms with Gasteiger partial charge < -0.3 is 4.74 Å². The number of rotatable bonds is 5. The minimum Gasteiger partial charge on any atom is -0.494 e. The van der Waals surface area contributed by atoms with Gasteiger partial charge in [-0.25, -0.2) is 13.8 Å². The second kappa shape index (κ2) is 7.27. The Bertz CT molecular complexity index is 1120. The summed E-state index contributed by atoms with van der Waals surface area (Å²) in [4.78, 5) is 20.7. The molecule has 3 aromatic rings. The van der Waals surface area contributed by atoms with Crippen molar-refractivity contribution >= 4 is 34.0 Å². The molecule has 3 heterocycles. The highest BCUT2D eigenvalue weighted by molar-refractivity contribution is 7.15. The Morgan fingerprint density at radius 2 is 2.07 bits per heavy atom. The summed E-state index contributed by atoms with van der Waals surface area (Å²) in [5.41, 5.74) is -0.614. The van der Waals surface area contributed by atoms with Crippen molar-refractivity contribution in [3.8, 4) is 16.9 Å². The first-order chi connectivity index (χ1) is 13.8. The van der Waals surface area contributed by atoms with E-state index in [2.05, 4.69) is 25.5 Å². The van der Waals surface area contributed by atoms with Crippen LogP contribution in [0, 0.1) is 12.7 Å². The average Bonchev–Trinajstić information content (AvgIpc) is 3.26. The highest BCUT2D eigenvalue weighted by atomic mass is 35.5. The lowest BCUT2D eigenvalue weighted by molar-refractivity contribution is 0.102. The molecule has 150 valence electrons. The summed E-state index contributed by atoms with van der Waals surface area (Å²) in [6.07, 6.45) is 3.37. The number of alkyl halides is 1. The lowest BCUT2D eigenvalue weighted by atomic mass is 10.00. The molecule has 11 heteroatoms. The van der Waals surface area contributed by atoms with Crippen molar-refractivity contribution in [1.29, 1.82) is 0 Å². The summed E-state index contributed by atoms with van der Waals surface area (Å²) < 4.78 is 34.1. The largest absolute Gasteiger partial charge is 0.494 e. The highest BCUT2D eigenvalue weighted by Crippen LogP contribution is 2.50. The van der Waals surface area contributed by atoms with E-state index in [-0.39, 0.29) is 37.7 Å². The van der Waals surface area contributed by atoms with Crippen LogP contribution in [-0.4, -0.2) is 33.2 Å². The van der Waals surface area contributed by atoms with Crippen LogP contribution in [-0.2, 0) is 5.67 Å². The number of carbonyl (C=O) groups is 1. The Morgan fingerprint density at radius 1 is 1.31 bits per heavy atom. The summed E-state index contributed by atoms with van der Waals surface area (Å²) in [6.45, 7) is 1.70. The number of aryl methyl sites for hydroxylation is 1. The maximum atomic E-state index is 14.8. The zero-order chi connectivity index (χ0) is 20.8. The van der Waals surface area contributed by atoms with E-state index in [1.807, 2.05) is 0 Å². The van der Waals surface area contributed by atoms with Crippen LogP contribution in [0.3, 0.4) is 0 Å². The van der Waals surface area contributed by atoms with Gasteiger partial charge in [0.25, 0.3) is 5.91 Å². The number of hydrogen-bond acceptors (Lipinski definition) is 7. The van der Waals surface area contributed by atoms with Crippen molar-refractivity contribution in [3.05, 3.63) is 45.7 Å². The number of aromatic nitrogens is 4. The molecule has 4 rings (SSSR count). The van der Waals surface area contributed by atoms with Crippen LogP contribution in [0.2, 0.25) is 5.15 Å². The number of methoxy groups -OCH3 is 1. The van der Waals surface area contributed by atoms with E-state index in [0.29, 0.717) is 18.5 Å². The van der Waals surface area contributed by atoms with E-state index in [9.17, 15) is 13.6 Å². The Labute approximate surface area is 173 Å². The zero-order valence-corrected chi connectivity index (χ0v) is 16.9. The minimum absolute atomic E-state index is 0.0122. The lowest BCUT2D eigenvalue weighted by Gasteiger charge is -2.14. The molecule has 1 fully saturated rings. The maximum Gasteiger partial charge on any atom is 0.259 e. The Hall–Kier alpha value is -2.72. The molecule has 1 aliphatic rings. The molecule has 1 aliphatic carbocycles. The topological polar surface area (TPSA) is 89.9 Å². The second-order valence-corrected chi connectivity index (χ2v) is 7.84. The fraction of sp³-hybridized carbons (Fsp3) is 0.278. The molecule has 0 bridgehead atoms. The van der Waals surface area contributed by atoms with E-state index in [0.717, 1.165) is 11.3 Å². The first-order valence-corrected chi connectivity index (χ1v) is 9.71. The third-order valence-corrected chi connectivity index (χ3v) is 5.72. The molecule has 0 aromatic carbocycles. The van der Waals surface area contributed by atoms with Crippen LogP contribution in [0.1, 0.15) is 33.9 Å². The maximum absolute atomic E-state index is 14.8. The van der Waals surface area contributed by atoms with Crippen LogP contribution in [0.5, 0.6) is 5.75 Å². The van der Waals surface area contributed by atoms with Gasteiger partial charge >= 0.3 is 0 Å². The molecule has 0 saturated heterocycles. The highest BCUT2D eigenvalue weighted by Gasteiger charge is 2.48. The van der Waals surface area contributed by atoms with Gasteiger partial charge in [0.1, 0.15) is 5.75 Å². The number of anilines is 1. The average molecular weight is 438 g/mol. The zero-order valence-electron chi connectivity index (χ0n) is 15.3. The van der Waals surface area contributed by atoms with Crippen LogP contribution in [0.15, 0.2) is 18.5 Å². The molecular formula is C18H14ClF2N5O2S. The predicted molar refractivity (Wildman–Crippen MR) is 104 cm³/mol. The van der Waals surface area contributed by atoms with E-state index >= 15 is 0 Å². The van der Waals surface area contributed by atoms with Crippen LogP contribution >= 0.6 is 22.9 Å². The molecule has 1 N–H and O–H groups in total. The third kappa shape index (κ3) is 3.65. The summed E-state index contributed by atoms with van der Waals surface area (Å²) in [6, 6.07) is 1.54. The van der Waals surface area contributed by atoms with Gasteiger partial charge in [0.15, 0.2) is 21.6 Å². The van der Waals surface area contributed by atoms with Gasteiger partial charge in [-0.1, -0.05) is 22.9 Å². The summed E-state index contributed by atoms with van der Waals surface area (Å²) in [5, 5.41) is 10.2. The van der Waals surface area contributed by atoms with Gasteiger partial charge in [-0.2, -0.15) is 0 Å². The fourth-order valence-electron chi connectivity index (χ4n) is 2.74. The lowest BCUT2D eigenvalue weighted by Crippen LogP contribution is -2.14. The number of amides is 1. The molecule has 3 aromatic heterocycles. The van der Waals surface area contributed by atoms with Crippen molar-refractivity contribution in [2.24, 2.45) is 0 Å². The Morgan fingerprint density at radius 3 is 2.76 bits per heavy atom. The van der Waals surface area contributed by atoms with Gasteiger partial charge in [-0.15, -0.1) is 10.2 Å². The molecular weight excluding hydrogens is 424 g/mol. The molecule has 1 amide bonds. The number of nitrogens with one attached hydrogen (secondary N) is 1. The quantitative estimate of drug-likeness (QED) is 0.598. The standard InChI is InChI=1S/C18H14ClF2N5O2S/c1-8-5-9(12-11(28-2)7-23-14(19)13(12)20)10(6-22-8)15(27)24-17-26-25-16(29-17)18(21)3-4-18/h5-7H,3-4H2,1-2H3,(H,24,26,27). The van der Waals surface area contributed by atoms with Crippen molar-refractivity contribution < 1.29 is 18.3 Å². The molecule has 7 nitrogen and oxygen atoms in total. The minimum atomic E-state index is -1.44. The Balaban J connectivity index is 1.73. The SMILES string of the molecule is COc1cnc(Cl)c(F)c1-c1cc(C)ncc1C(=O)Nc1nnc(C2(F)CC2)s1. The van der Waals surface area contributed by atoms with Gasteiger partial charge in [-0.05, 0) is 25.8 Å². The van der Waals surface area contributed by atoms with E-state index in [1.54, 1.807) is 13.0 Å². The van der Waals surface area contributed by atoms with Gasteiger partial charge in [0, 0.05) is 17.5 Å². The van der Waals surface area contributed by atoms with Gasteiger partial charge in [-0.3, -0.25) is 15.1 Å². The molecule has 0 aliphatic heterocycles. The third-order valence-electron chi connectivity index (χ3n) is 4.43. The van der Waals surface area contributed by atoms with Crippen molar-refractivity contribution in [2.45, 2.75) is 25.4 Å². The number of ether oxygens (including phenoxy) is 1. The molecule has 0 radical (unpaired) electrons. The van der Waals surface area contributed by atoms with Crippen LogP contribution in [0.4, 0.5) is 13.9 Å². The summed E-state index contributed by atoms with van der Waals surface area (Å²) in [5.74, 6) is -1.32. The molecule has 29 heavy (non-hydrogen) atoms. The van der Waals surface area contributed by atoms with E-state index in [1.165, 1.54) is 19.5 Å². The second-order valence-electron chi connectivity index (χ2n) is 6.51. The number of hydrogen-bond donors (Lipinski definition) is 1. The van der Waals surface area contributed by atoms with Crippen molar-refractivity contribution in [1.82, 2.24) is 20.2 Å². The number of halogens is 3. The fourth-order valence-corrected chi connectivity index (χ4v) is 3.76. The number of nitrogens with zero attached hydrogens (tertiary/aromatic N) is 4. The Kier molecular flexibility index (Phi) is 4.91. The van der Waals surface area contributed by atoms with Crippen LogP contribution < -0.4 is 10.1 Å². The van der Waals surface area contributed by atoms with Gasteiger partial charge in [0.05, 0.1) is 24.4 Å². The molecule has 1 saturated carbocycles.